The van der Waals surface area contributed by atoms with Crippen LogP contribution in [-0.4, -0.2) is 31.8 Å². The van der Waals surface area contributed by atoms with Gasteiger partial charge in [0.05, 0.1) is 20.0 Å². The summed E-state index contributed by atoms with van der Waals surface area (Å²) < 4.78 is 10.4. The topological polar surface area (TPSA) is 76.7 Å². The Labute approximate surface area is 196 Å². The predicted octanol–water partition coefficient (Wildman–Crippen LogP) is 5.65. The Hall–Kier alpha value is -3.16. The van der Waals surface area contributed by atoms with Crippen molar-refractivity contribution in [1.82, 2.24) is 0 Å². The number of hydrogen-bond acceptors (Lipinski definition) is 5. The smallest absolute Gasteiger partial charge is 0.255 e. The number of thioether (sulfide) groups is 1. The van der Waals surface area contributed by atoms with Gasteiger partial charge in [-0.1, -0.05) is 17.7 Å². The number of anilines is 2. The maximum atomic E-state index is 12.5. The van der Waals surface area contributed by atoms with Crippen LogP contribution < -0.4 is 20.1 Å². The van der Waals surface area contributed by atoms with Gasteiger partial charge in [0.1, 0.15) is 0 Å². The van der Waals surface area contributed by atoms with Crippen molar-refractivity contribution in [2.24, 2.45) is 0 Å². The van der Waals surface area contributed by atoms with Crippen LogP contribution in [0.1, 0.15) is 15.9 Å². The molecule has 8 heteroatoms. The van der Waals surface area contributed by atoms with Gasteiger partial charge in [-0.2, -0.15) is 0 Å². The number of ether oxygens (including phenoxy) is 2. The Morgan fingerprint density at radius 3 is 2.31 bits per heavy atom. The number of amides is 2. The summed E-state index contributed by atoms with van der Waals surface area (Å²) in [5.74, 6) is 0.912. The minimum Gasteiger partial charge on any atom is -0.493 e. The summed E-state index contributed by atoms with van der Waals surface area (Å²) in [4.78, 5) is 25.7. The Morgan fingerprint density at radius 2 is 1.62 bits per heavy atom. The molecule has 3 rings (SSSR count). The van der Waals surface area contributed by atoms with E-state index in [1.807, 2.05) is 25.1 Å². The third-order valence-corrected chi connectivity index (χ3v) is 5.85. The number of rotatable bonds is 8. The fourth-order valence-corrected chi connectivity index (χ4v) is 3.75. The highest BCUT2D eigenvalue weighted by Gasteiger charge is 2.11. The fourth-order valence-electron chi connectivity index (χ4n) is 2.88. The molecule has 6 nitrogen and oxygen atoms in total. The first-order valence-corrected chi connectivity index (χ1v) is 11.1. The average molecular weight is 471 g/mol. The zero-order valence-corrected chi connectivity index (χ0v) is 19.5. The zero-order valence-electron chi connectivity index (χ0n) is 17.9. The van der Waals surface area contributed by atoms with Crippen molar-refractivity contribution >= 4 is 46.6 Å². The molecule has 0 saturated heterocycles. The normalized spacial score (nSPS) is 10.4. The van der Waals surface area contributed by atoms with Crippen molar-refractivity contribution in [3.05, 3.63) is 76.8 Å². The number of carbonyl (C=O) groups is 2. The van der Waals surface area contributed by atoms with E-state index in [4.69, 9.17) is 21.1 Å². The molecule has 3 aromatic rings. The van der Waals surface area contributed by atoms with Crippen LogP contribution in [0.4, 0.5) is 11.4 Å². The molecule has 0 aliphatic carbocycles. The van der Waals surface area contributed by atoms with Crippen LogP contribution in [0.25, 0.3) is 0 Å². The van der Waals surface area contributed by atoms with Gasteiger partial charge in [0, 0.05) is 26.9 Å². The van der Waals surface area contributed by atoms with E-state index < -0.39 is 0 Å². The third kappa shape index (κ3) is 6.18. The lowest BCUT2D eigenvalue weighted by Gasteiger charge is -2.11. The van der Waals surface area contributed by atoms with E-state index in [1.165, 1.54) is 18.9 Å². The summed E-state index contributed by atoms with van der Waals surface area (Å²) in [6, 6.07) is 17.6. The lowest BCUT2D eigenvalue weighted by Crippen LogP contribution is -2.14. The van der Waals surface area contributed by atoms with Gasteiger partial charge in [0.2, 0.25) is 5.91 Å². The maximum Gasteiger partial charge on any atom is 0.255 e. The van der Waals surface area contributed by atoms with Gasteiger partial charge in [0.25, 0.3) is 5.91 Å². The summed E-state index contributed by atoms with van der Waals surface area (Å²) in [5, 5.41) is 6.29. The van der Waals surface area contributed by atoms with Crippen molar-refractivity contribution in [2.45, 2.75) is 11.8 Å². The number of methoxy groups -OCH3 is 2. The van der Waals surface area contributed by atoms with Crippen LogP contribution in [0.2, 0.25) is 5.02 Å². The molecule has 0 fully saturated rings. The second kappa shape index (κ2) is 10.9. The number of carbonyl (C=O) groups excluding carboxylic acids is 2. The molecule has 0 saturated carbocycles. The van der Waals surface area contributed by atoms with E-state index in [0.717, 1.165) is 10.5 Å². The van der Waals surface area contributed by atoms with E-state index in [-0.39, 0.29) is 17.6 Å². The molecule has 2 amide bonds. The molecule has 0 heterocycles. The summed E-state index contributed by atoms with van der Waals surface area (Å²) >= 11 is 7.40. The Kier molecular flexibility index (Phi) is 8.03. The number of halogens is 1. The van der Waals surface area contributed by atoms with Crippen LogP contribution in [0.3, 0.4) is 0 Å². The van der Waals surface area contributed by atoms with Crippen molar-refractivity contribution < 1.29 is 19.1 Å². The standard InChI is InChI=1S/C24H23ClN2O4S/c1-15-4-6-17(25)13-20(15)27-23(28)14-32-19-9-7-18(8-10-19)26-24(29)16-5-11-21(30-2)22(12-16)31-3/h4-13H,14H2,1-3H3,(H,26,29)(H,27,28). The van der Waals surface area contributed by atoms with Gasteiger partial charge in [-0.05, 0) is 67.1 Å². The van der Waals surface area contributed by atoms with E-state index in [1.54, 1.807) is 49.6 Å². The SMILES string of the molecule is COc1ccc(C(=O)Nc2ccc(SCC(=O)Nc3cc(Cl)ccc3C)cc2)cc1OC. The molecule has 0 bridgehead atoms. The molecule has 0 radical (unpaired) electrons. The Balaban J connectivity index is 1.55. The monoisotopic (exact) mass is 470 g/mol. The molecular weight excluding hydrogens is 448 g/mol. The molecule has 0 unspecified atom stereocenters. The van der Waals surface area contributed by atoms with Gasteiger partial charge >= 0.3 is 0 Å². The molecule has 32 heavy (non-hydrogen) atoms. The second-order valence-corrected chi connectivity index (χ2v) is 8.33. The van der Waals surface area contributed by atoms with E-state index >= 15 is 0 Å². The molecule has 0 aliphatic heterocycles. The van der Waals surface area contributed by atoms with Crippen molar-refractivity contribution in [3.8, 4) is 11.5 Å². The first-order chi connectivity index (χ1) is 15.4. The highest BCUT2D eigenvalue weighted by atomic mass is 35.5. The minimum atomic E-state index is -0.261. The third-order valence-electron chi connectivity index (χ3n) is 4.60. The van der Waals surface area contributed by atoms with Gasteiger partial charge in [-0.15, -0.1) is 11.8 Å². The van der Waals surface area contributed by atoms with E-state index in [0.29, 0.717) is 33.5 Å². The van der Waals surface area contributed by atoms with E-state index in [9.17, 15) is 9.59 Å². The highest BCUT2D eigenvalue weighted by Crippen LogP contribution is 2.28. The lowest BCUT2D eigenvalue weighted by molar-refractivity contribution is -0.113. The van der Waals surface area contributed by atoms with Gasteiger partial charge in [-0.25, -0.2) is 0 Å². The Bertz CT molecular complexity index is 1120. The second-order valence-electron chi connectivity index (χ2n) is 6.84. The zero-order chi connectivity index (χ0) is 23.1. The maximum absolute atomic E-state index is 12.5. The molecule has 0 spiro atoms. The molecule has 2 N–H and O–H groups in total. The predicted molar refractivity (Wildman–Crippen MR) is 129 cm³/mol. The fraction of sp³-hybridized carbons (Fsp3) is 0.167. The number of hydrogen-bond donors (Lipinski definition) is 2. The van der Waals surface area contributed by atoms with Crippen LogP contribution in [-0.2, 0) is 4.79 Å². The first kappa shape index (κ1) is 23.5. The molecule has 0 atom stereocenters. The van der Waals surface area contributed by atoms with Crippen LogP contribution in [0.5, 0.6) is 11.5 Å². The summed E-state index contributed by atoms with van der Waals surface area (Å²) in [7, 11) is 3.06. The molecule has 0 aliphatic rings. The van der Waals surface area contributed by atoms with Crippen molar-refractivity contribution in [1.29, 1.82) is 0 Å². The lowest BCUT2D eigenvalue weighted by atomic mass is 10.2. The van der Waals surface area contributed by atoms with Gasteiger partial charge in [-0.3, -0.25) is 9.59 Å². The van der Waals surface area contributed by atoms with Crippen molar-refractivity contribution in [3.63, 3.8) is 0 Å². The van der Waals surface area contributed by atoms with E-state index in [2.05, 4.69) is 10.6 Å². The summed E-state index contributed by atoms with van der Waals surface area (Å²) in [6.45, 7) is 1.91. The highest BCUT2D eigenvalue weighted by molar-refractivity contribution is 8.00. The van der Waals surface area contributed by atoms with Crippen LogP contribution in [0, 0.1) is 6.92 Å². The first-order valence-electron chi connectivity index (χ1n) is 9.72. The van der Waals surface area contributed by atoms with Crippen molar-refractivity contribution in [2.75, 3.05) is 30.6 Å². The van der Waals surface area contributed by atoms with Crippen LogP contribution in [0.15, 0.2) is 65.6 Å². The van der Waals surface area contributed by atoms with Crippen LogP contribution >= 0.6 is 23.4 Å². The summed E-state index contributed by atoms with van der Waals surface area (Å²) in [5.41, 5.74) is 2.75. The number of nitrogens with one attached hydrogen (secondary N) is 2. The largest absolute Gasteiger partial charge is 0.493 e. The average Bonchev–Trinajstić information content (AvgIpc) is 2.80. The molecule has 3 aromatic carbocycles. The van der Waals surface area contributed by atoms with Gasteiger partial charge < -0.3 is 20.1 Å². The molecule has 166 valence electrons. The Morgan fingerprint density at radius 1 is 0.906 bits per heavy atom. The van der Waals surface area contributed by atoms with Gasteiger partial charge in [0.15, 0.2) is 11.5 Å². The number of benzene rings is 3. The summed E-state index contributed by atoms with van der Waals surface area (Å²) in [6.07, 6.45) is 0. The molecule has 0 aromatic heterocycles. The number of aryl methyl sites for hydroxylation is 1. The molecular formula is C24H23ClN2O4S. The minimum absolute atomic E-state index is 0.119. The quantitative estimate of drug-likeness (QED) is 0.416.